The first kappa shape index (κ1) is 14.0. The lowest BCUT2D eigenvalue weighted by Crippen LogP contribution is -2.42. The lowest BCUT2D eigenvalue weighted by Gasteiger charge is -2.32. The van der Waals surface area contributed by atoms with Crippen LogP contribution in [0.15, 0.2) is 22.7 Å². The number of rotatable bonds is 4. The summed E-state index contributed by atoms with van der Waals surface area (Å²) in [5.41, 5.74) is 0.995. The van der Waals surface area contributed by atoms with Crippen LogP contribution in [0.3, 0.4) is 0 Å². The zero-order chi connectivity index (χ0) is 13.0. The number of piperidine rings is 1. The van der Waals surface area contributed by atoms with Crippen molar-refractivity contribution in [3.05, 3.63) is 34.1 Å². The van der Waals surface area contributed by atoms with Gasteiger partial charge in [0.05, 0.1) is 4.47 Å². The lowest BCUT2D eigenvalue weighted by atomic mass is 10.0. The van der Waals surface area contributed by atoms with Gasteiger partial charge in [-0.05, 0) is 60.1 Å². The van der Waals surface area contributed by atoms with E-state index in [-0.39, 0.29) is 5.82 Å². The van der Waals surface area contributed by atoms with Crippen molar-refractivity contribution in [1.82, 2.24) is 10.2 Å². The molecule has 1 aliphatic rings. The van der Waals surface area contributed by atoms with Gasteiger partial charge in [-0.15, -0.1) is 0 Å². The molecule has 1 atom stereocenters. The van der Waals surface area contributed by atoms with Crippen LogP contribution in [0.2, 0.25) is 0 Å². The quantitative estimate of drug-likeness (QED) is 0.918. The molecule has 18 heavy (non-hydrogen) atoms. The van der Waals surface area contributed by atoms with Crippen LogP contribution in [0.5, 0.6) is 0 Å². The van der Waals surface area contributed by atoms with E-state index in [9.17, 15) is 4.39 Å². The molecule has 0 aromatic heterocycles. The molecule has 2 nitrogen and oxygen atoms in total. The zero-order valence-corrected chi connectivity index (χ0v) is 12.3. The summed E-state index contributed by atoms with van der Waals surface area (Å²) in [6.45, 7) is 2.90. The second kappa shape index (κ2) is 6.64. The average Bonchev–Trinajstić information content (AvgIpc) is 2.36. The molecule has 0 saturated carbocycles. The lowest BCUT2D eigenvalue weighted by molar-refractivity contribution is 0.181. The number of nitrogens with zero attached hydrogens (tertiary/aromatic N) is 1. The van der Waals surface area contributed by atoms with Crippen LogP contribution in [-0.4, -0.2) is 31.1 Å². The van der Waals surface area contributed by atoms with Gasteiger partial charge in [0.1, 0.15) is 5.82 Å². The molecule has 2 rings (SSSR count). The van der Waals surface area contributed by atoms with Gasteiger partial charge >= 0.3 is 0 Å². The molecular formula is C14H20BrFN2. The van der Waals surface area contributed by atoms with Crippen molar-refractivity contribution in [3.63, 3.8) is 0 Å². The fourth-order valence-electron chi connectivity index (χ4n) is 2.43. The molecule has 1 unspecified atom stereocenters. The molecule has 0 radical (unpaired) electrons. The maximum atomic E-state index is 13.3. The third-order valence-corrected chi connectivity index (χ3v) is 4.26. The Hall–Kier alpha value is -0.450. The highest BCUT2D eigenvalue weighted by Crippen LogP contribution is 2.17. The molecule has 4 heteroatoms. The van der Waals surface area contributed by atoms with Gasteiger partial charge in [-0.25, -0.2) is 4.39 Å². The molecule has 1 aromatic rings. The first-order valence-electron chi connectivity index (χ1n) is 6.51. The van der Waals surface area contributed by atoms with Crippen molar-refractivity contribution in [1.29, 1.82) is 0 Å². The van der Waals surface area contributed by atoms with Crippen molar-refractivity contribution < 1.29 is 4.39 Å². The molecule has 0 amide bonds. The Bertz CT molecular complexity index is 397. The maximum absolute atomic E-state index is 13.3. The van der Waals surface area contributed by atoms with Gasteiger partial charge < -0.3 is 10.2 Å². The molecule has 1 saturated heterocycles. The van der Waals surface area contributed by atoms with Gasteiger partial charge in [-0.2, -0.15) is 0 Å². The van der Waals surface area contributed by atoms with Crippen LogP contribution in [0.4, 0.5) is 4.39 Å². The van der Waals surface area contributed by atoms with Gasteiger partial charge in [-0.3, -0.25) is 0 Å². The summed E-state index contributed by atoms with van der Waals surface area (Å²) in [4.78, 5) is 2.42. The predicted octanol–water partition coefficient (Wildman–Crippen LogP) is 3.16. The van der Waals surface area contributed by atoms with Crippen LogP contribution in [-0.2, 0) is 6.54 Å². The third kappa shape index (κ3) is 3.77. The highest BCUT2D eigenvalue weighted by Gasteiger charge is 2.17. The Morgan fingerprint density at radius 2 is 2.28 bits per heavy atom. The minimum atomic E-state index is -0.191. The van der Waals surface area contributed by atoms with E-state index >= 15 is 0 Å². The van der Waals surface area contributed by atoms with Gasteiger partial charge in [-0.1, -0.05) is 12.5 Å². The van der Waals surface area contributed by atoms with E-state index in [0.717, 1.165) is 18.7 Å². The van der Waals surface area contributed by atoms with E-state index in [1.165, 1.54) is 25.8 Å². The zero-order valence-electron chi connectivity index (χ0n) is 10.8. The largest absolute Gasteiger partial charge is 0.311 e. The summed E-state index contributed by atoms with van der Waals surface area (Å²) in [6.07, 6.45) is 3.90. The predicted molar refractivity (Wildman–Crippen MR) is 76.1 cm³/mol. The summed E-state index contributed by atoms with van der Waals surface area (Å²) < 4.78 is 13.9. The number of hydrogen-bond acceptors (Lipinski definition) is 2. The van der Waals surface area contributed by atoms with Gasteiger partial charge in [0.2, 0.25) is 0 Å². The Morgan fingerprint density at radius 3 is 3.00 bits per heavy atom. The minimum Gasteiger partial charge on any atom is -0.311 e. The van der Waals surface area contributed by atoms with E-state index in [2.05, 4.69) is 33.2 Å². The maximum Gasteiger partial charge on any atom is 0.137 e. The summed E-state index contributed by atoms with van der Waals surface area (Å²) in [7, 11) is 2.19. The number of halogens is 2. The normalized spacial score (nSPS) is 21.2. The molecule has 1 N–H and O–H groups in total. The van der Waals surface area contributed by atoms with Crippen molar-refractivity contribution in [3.8, 4) is 0 Å². The fourth-order valence-corrected chi connectivity index (χ4v) is 2.68. The first-order chi connectivity index (χ1) is 8.66. The van der Waals surface area contributed by atoms with E-state index in [4.69, 9.17) is 0 Å². The monoisotopic (exact) mass is 314 g/mol. The Morgan fingerprint density at radius 1 is 1.44 bits per heavy atom. The summed E-state index contributed by atoms with van der Waals surface area (Å²) in [5, 5.41) is 3.42. The molecule has 100 valence electrons. The van der Waals surface area contributed by atoms with Crippen LogP contribution in [0.25, 0.3) is 0 Å². The van der Waals surface area contributed by atoms with Crippen molar-refractivity contribution >= 4 is 15.9 Å². The molecule has 1 aromatic carbocycles. The molecule has 0 spiro atoms. The smallest absolute Gasteiger partial charge is 0.137 e. The second-order valence-corrected chi connectivity index (χ2v) is 5.86. The standard InChI is InChI=1S/C14H20BrFN2/c1-18-7-3-2-4-12(18)10-17-9-11-5-6-13(15)14(16)8-11/h5-6,8,12,17H,2-4,7,9-10H2,1H3. The number of likely N-dealkylation sites (N-methyl/N-ethyl adjacent to an activating group) is 1. The molecule has 1 aliphatic heterocycles. The van der Waals surface area contributed by atoms with Crippen molar-refractivity contribution in [2.24, 2.45) is 0 Å². The van der Waals surface area contributed by atoms with E-state index in [1.807, 2.05) is 6.07 Å². The summed E-state index contributed by atoms with van der Waals surface area (Å²) >= 11 is 3.17. The third-order valence-electron chi connectivity index (χ3n) is 3.61. The number of likely N-dealkylation sites (tertiary alicyclic amines) is 1. The SMILES string of the molecule is CN1CCCCC1CNCc1ccc(Br)c(F)c1. The van der Waals surface area contributed by atoms with Gasteiger partial charge in [0.15, 0.2) is 0 Å². The van der Waals surface area contributed by atoms with E-state index in [1.54, 1.807) is 12.1 Å². The topological polar surface area (TPSA) is 15.3 Å². The van der Waals surface area contributed by atoms with Gasteiger partial charge in [0, 0.05) is 19.1 Å². The van der Waals surface area contributed by atoms with Crippen LogP contribution in [0, 0.1) is 5.82 Å². The number of benzene rings is 1. The molecular weight excluding hydrogens is 295 g/mol. The minimum absolute atomic E-state index is 0.191. The Kier molecular flexibility index (Phi) is 5.15. The molecule has 1 fully saturated rings. The van der Waals surface area contributed by atoms with Crippen molar-refractivity contribution in [2.45, 2.75) is 31.8 Å². The molecule has 0 aliphatic carbocycles. The summed E-state index contributed by atoms with van der Waals surface area (Å²) in [6, 6.07) is 5.92. The fraction of sp³-hybridized carbons (Fsp3) is 0.571. The second-order valence-electron chi connectivity index (χ2n) is 5.01. The first-order valence-corrected chi connectivity index (χ1v) is 7.31. The number of hydrogen-bond donors (Lipinski definition) is 1. The van der Waals surface area contributed by atoms with Crippen LogP contribution < -0.4 is 5.32 Å². The highest BCUT2D eigenvalue weighted by atomic mass is 79.9. The van der Waals surface area contributed by atoms with Gasteiger partial charge in [0.25, 0.3) is 0 Å². The molecule has 0 bridgehead atoms. The van der Waals surface area contributed by atoms with E-state index < -0.39 is 0 Å². The van der Waals surface area contributed by atoms with Crippen LogP contribution in [0.1, 0.15) is 24.8 Å². The van der Waals surface area contributed by atoms with Crippen molar-refractivity contribution in [2.75, 3.05) is 20.1 Å². The average molecular weight is 315 g/mol. The Balaban J connectivity index is 1.79. The highest BCUT2D eigenvalue weighted by molar-refractivity contribution is 9.10. The number of nitrogens with one attached hydrogen (secondary N) is 1. The summed E-state index contributed by atoms with van der Waals surface area (Å²) in [5.74, 6) is -0.191. The molecule has 1 heterocycles. The van der Waals surface area contributed by atoms with E-state index in [0.29, 0.717) is 10.5 Å². The Labute approximate surface area is 117 Å². The van der Waals surface area contributed by atoms with Crippen LogP contribution >= 0.6 is 15.9 Å².